The molecule has 0 aliphatic rings. The molecule has 0 unspecified atom stereocenters. The molecule has 0 spiro atoms. The molecule has 0 aromatic heterocycles. The lowest BCUT2D eigenvalue weighted by molar-refractivity contribution is -0.135. The van der Waals surface area contributed by atoms with Crippen molar-refractivity contribution in [1.29, 1.82) is 0 Å². The molecule has 6 nitrogen and oxygen atoms in total. The maximum atomic E-state index is 12.0. The number of aliphatic carboxylic acids is 1. The third kappa shape index (κ3) is 9.21. The molecule has 0 fully saturated rings. The Morgan fingerprint density at radius 1 is 1.11 bits per heavy atom. The predicted octanol–water partition coefficient (Wildman–Crippen LogP) is 4.16. The highest BCUT2D eigenvalue weighted by Crippen LogP contribution is 2.29. The highest BCUT2D eigenvalue weighted by molar-refractivity contribution is 5.92. The van der Waals surface area contributed by atoms with Crippen molar-refractivity contribution in [3.63, 3.8) is 0 Å². The molecule has 1 aromatic rings. The van der Waals surface area contributed by atoms with Crippen LogP contribution < -0.4 is 0 Å². The summed E-state index contributed by atoms with van der Waals surface area (Å²) in [5.74, 6) is -1.83. The second kappa shape index (κ2) is 11.5. The van der Waals surface area contributed by atoms with Crippen LogP contribution in [0.4, 0.5) is 0 Å². The molecule has 1 N–H and O–H groups in total. The van der Waals surface area contributed by atoms with Crippen molar-refractivity contribution in [3.05, 3.63) is 72.7 Å². The molecule has 27 heavy (non-hydrogen) atoms. The Bertz CT molecular complexity index is 723. The summed E-state index contributed by atoms with van der Waals surface area (Å²) in [6.45, 7) is 14.0. The lowest BCUT2D eigenvalue weighted by Gasteiger charge is -2.24. The van der Waals surface area contributed by atoms with Crippen molar-refractivity contribution in [2.75, 3.05) is 0 Å². The summed E-state index contributed by atoms with van der Waals surface area (Å²) in [7, 11) is 0. The number of carboxylic acid groups (broad SMARTS) is 1. The van der Waals surface area contributed by atoms with Crippen molar-refractivity contribution in [2.24, 2.45) is 0 Å². The van der Waals surface area contributed by atoms with E-state index in [1.807, 2.05) is 26.8 Å². The van der Waals surface area contributed by atoms with Gasteiger partial charge in [0.15, 0.2) is 0 Å². The molecule has 0 heterocycles. The molecule has 6 heteroatoms. The molecule has 0 amide bonds. The van der Waals surface area contributed by atoms with E-state index in [1.54, 1.807) is 12.1 Å². The second-order valence-corrected chi connectivity index (χ2v) is 6.37. The Labute approximate surface area is 159 Å². The minimum atomic E-state index is -1.02. The van der Waals surface area contributed by atoms with Gasteiger partial charge in [-0.1, -0.05) is 52.1 Å². The molecule has 1 rings (SSSR count). The van der Waals surface area contributed by atoms with Crippen LogP contribution in [0.1, 0.15) is 49.2 Å². The van der Waals surface area contributed by atoms with Crippen LogP contribution in [0.25, 0.3) is 0 Å². The molecule has 0 saturated heterocycles. The first-order valence-electron chi connectivity index (χ1n) is 8.16. The first kappa shape index (κ1) is 23.9. The third-order valence-corrected chi connectivity index (χ3v) is 3.23. The summed E-state index contributed by atoms with van der Waals surface area (Å²) in [4.78, 5) is 32.4. The van der Waals surface area contributed by atoms with E-state index in [1.165, 1.54) is 13.0 Å². The van der Waals surface area contributed by atoms with E-state index in [0.717, 1.165) is 29.7 Å². The lowest BCUT2D eigenvalue weighted by Crippen LogP contribution is -2.17. The quantitative estimate of drug-likeness (QED) is 0.457. The van der Waals surface area contributed by atoms with Crippen molar-refractivity contribution >= 4 is 17.9 Å². The smallest absolute Gasteiger partial charge is 0.343 e. The van der Waals surface area contributed by atoms with Crippen molar-refractivity contribution in [3.8, 4) is 0 Å². The number of hydrogen-bond donors (Lipinski definition) is 1. The standard InChI is InChI=1S/C17H20O4.C4H6O2/c1-5-21-16(20)13-9-6-10-14(17(2,3)4)12(13)8-7-11-15(18)19;1-3-6-4(2)5/h5-7,9-11H,1,8H2,2-4H3,(H,18,19);3H,1H2,2H3/b11-7+;. The third-order valence-electron chi connectivity index (χ3n) is 3.23. The summed E-state index contributed by atoms with van der Waals surface area (Å²) in [6.07, 6.45) is 5.13. The van der Waals surface area contributed by atoms with Gasteiger partial charge in [0.25, 0.3) is 0 Å². The van der Waals surface area contributed by atoms with Gasteiger partial charge >= 0.3 is 17.9 Å². The van der Waals surface area contributed by atoms with Gasteiger partial charge in [-0.15, -0.1) is 0 Å². The van der Waals surface area contributed by atoms with Crippen LogP contribution in [-0.2, 0) is 30.9 Å². The monoisotopic (exact) mass is 374 g/mol. The van der Waals surface area contributed by atoms with Crippen LogP contribution in [0.15, 0.2) is 56.0 Å². The van der Waals surface area contributed by atoms with Crippen LogP contribution in [0, 0.1) is 0 Å². The van der Waals surface area contributed by atoms with Gasteiger partial charge in [0.1, 0.15) is 0 Å². The molecule has 146 valence electrons. The molecule has 1 aromatic carbocycles. The average Bonchev–Trinajstić information content (AvgIpc) is 2.54. The van der Waals surface area contributed by atoms with Gasteiger partial charge in [0.05, 0.1) is 18.1 Å². The molecular weight excluding hydrogens is 348 g/mol. The normalized spacial score (nSPS) is 10.4. The maximum Gasteiger partial charge on any atom is 0.343 e. The van der Waals surface area contributed by atoms with Crippen LogP contribution >= 0.6 is 0 Å². The molecule has 0 aliphatic carbocycles. The topological polar surface area (TPSA) is 89.9 Å². The SMILES string of the molecule is C=COC(=O)c1cccc(C(C)(C)C)c1C/C=C/C(=O)O.C=COC(C)=O. The van der Waals surface area contributed by atoms with Crippen LogP contribution in [-0.4, -0.2) is 23.0 Å². The Kier molecular flexibility index (Phi) is 10.1. The summed E-state index contributed by atoms with van der Waals surface area (Å²) in [5, 5.41) is 8.69. The van der Waals surface area contributed by atoms with Crippen molar-refractivity contribution in [2.45, 2.75) is 39.5 Å². The van der Waals surface area contributed by atoms with Gasteiger partial charge < -0.3 is 14.6 Å². The van der Waals surface area contributed by atoms with Gasteiger partial charge in [0.2, 0.25) is 0 Å². The fourth-order valence-corrected chi connectivity index (χ4v) is 2.23. The highest BCUT2D eigenvalue weighted by atomic mass is 16.5. The lowest BCUT2D eigenvalue weighted by atomic mass is 9.81. The fraction of sp³-hybridized carbons (Fsp3) is 0.286. The Morgan fingerprint density at radius 3 is 2.11 bits per heavy atom. The minimum absolute atomic E-state index is 0.170. The van der Waals surface area contributed by atoms with Crippen molar-refractivity contribution < 1.29 is 29.0 Å². The first-order valence-corrected chi connectivity index (χ1v) is 8.16. The largest absolute Gasteiger partial charge is 0.478 e. The molecule has 0 atom stereocenters. The van der Waals surface area contributed by atoms with E-state index < -0.39 is 11.9 Å². The average molecular weight is 374 g/mol. The Hall–Kier alpha value is -3.15. The highest BCUT2D eigenvalue weighted by Gasteiger charge is 2.22. The number of carboxylic acids is 1. The van der Waals surface area contributed by atoms with Gasteiger partial charge in [-0.2, -0.15) is 0 Å². The molecule has 0 radical (unpaired) electrons. The Balaban J connectivity index is 0.000000972. The van der Waals surface area contributed by atoms with Crippen LogP contribution in [0.5, 0.6) is 0 Å². The predicted molar refractivity (Wildman–Crippen MR) is 103 cm³/mol. The number of benzene rings is 1. The summed E-state index contributed by atoms with van der Waals surface area (Å²) >= 11 is 0. The number of hydrogen-bond acceptors (Lipinski definition) is 5. The van der Waals surface area contributed by atoms with E-state index in [9.17, 15) is 14.4 Å². The first-order chi connectivity index (χ1) is 12.5. The number of allylic oxidation sites excluding steroid dienone is 1. The molecule has 0 saturated carbocycles. The van der Waals surface area contributed by atoms with E-state index >= 15 is 0 Å². The van der Waals surface area contributed by atoms with E-state index in [0.29, 0.717) is 12.0 Å². The zero-order valence-electron chi connectivity index (χ0n) is 16.2. The van der Waals surface area contributed by atoms with Gasteiger partial charge in [-0.25, -0.2) is 9.59 Å². The number of ether oxygens (including phenoxy) is 2. The van der Waals surface area contributed by atoms with Gasteiger partial charge in [-0.3, -0.25) is 4.79 Å². The van der Waals surface area contributed by atoms with E-state index in [2.05, 4.69) is 17.9 Å². The number of carbonyl (C=O) groups is 3. The molecule has 0 bridgehead atoms. The fourth-order valence-electron chi connectivity index (χ4n) is 2.23. The van der Waals surface area contributed by atoms with Gasteiger partial charge in [-0.05, 0) is 29.0 Å². The number of carbonyl (C=O) groups excluding carboxylic acids is 2. The summed E-state index contributed by atoms with van der Waals surface area (Å²) in [6, 6.07) is 5.41. The Morgan fingerprint density at radius 2 is 1.70 bits per heavy atom. The molecular formula is C21H26O6. The second-order valence-electron chi connectivity index (χ2n) is 6.37. The molecule has 0 aliphatic heterocycles. The maximum absolute atomic E-state index is 12.0. The van der Waals surface area contributed by atoms with Crippen LogP contribution in [0.2, 0.25) is 0 Å². The van der Waals surface area contributed by atoms with Gasteiger partial charge in [0, 0.05) is 13.0 Å². The summed E-state index contributed by atoms with van der Waals surface area (Å²) in [5.41, 5.74) is 2.01. The zero-order chi connectivity index (χ0) is 21.0. The van der Waals surface area contributed by atoms with E-state index in [4.69, 9.17) is 9.84 Å². The van der Waals surface area contributed by atoms with E-state index in [-0.39, 0.29) is 11.4 Å². The number of rotatable bonds is 6. The van der Waals surface area contributed by atoms with Crippen LogP contribution in [0.3, 0.4) is 0 Å². The van der Waals surface area contributed by atoms with Crippen molar-refractivity contribution in [1.82, 2.24) is 0 Å². The number of esters is 2. The minimum Gasteiger partial charge on any atom is -0.478 e. The summed E-state index contributed by atoms with van der Waals surface area (Å²) < 4.78 is 9.01. The zero-order valence-corrected chi connectivity index (χ0v) is 16.2.